The number of aromatic nitrogens is 2. The predicted octanol–water partition coefficient (Wildman–Crippen LogP) is 13.3. The minimum atomic E-state index is -0.436. The Hall–Kier alpha value is -7.66. The largest absolute Gasteiger partial charge is 0.488 e. The van der Waals surface area contributed by atoms with Crippen molar-refractivity contribution in [3.05, 3.63) is 178 Å². The van der Waals surface area contributed by atoms with Crippen LogP contribution in [0.25, 0.3) is 44.8 Å². The Morgan fingerprint density at radius 1 is 0.597 bits per heavy atom. The number of ether oxygens (including phenoxy) is 3. The van der Waals surface area contributed by atoms with Crippen molar-refractivity contribution in [3.8, 4) is 62.3 Å². The fraction of sp³-hybridized carbons (Fsp3) is 0.237. The van der Waals surface area contributed by atoms with Gasteiger partial charge in [0.05, 0.1) is 34.9 Å². The molecule has 0 radical (unpaired) electrons. The smallest absolute Gasteiger partial charge is 0.316 e. The van der Waals surface area contributed by atoms with Crippen molar-refractivity contribution < 1.29 is 28.2 Å². The molecule has 0 bridgehead atoms. The number of piperidine rings is 2. The molecule has 72 heavy (non-hydrogen) atoms. The lowest BCUT2D eigenvalue weighted by molar-refractivity contribution is -0.166. The second-order valence-corrected chi connectivity index (χ2v) is 20.0. The van der Waals surface area contributed by atoms with E-state index < -0.39 is 11.9 Å². The van der Waals surface area contributed by atoms with E-state index in [2.05, 4.69) is 60.0 Å². The topological polar surface area (TPSA) is 118 Å². The van der Waals surface area contributed by atoms with Gasteiger partial charge in [0.1, 0.15) is 30.5 Å². The molecule has 10 rings (SSSR count). The van der Waals surface area contributed by atoms with Crippen LogP contribution in [0.4, 0.5) is 14.7 Å². The quantitative estimate of drug-likeness (QED) is 0.0770. The molecule has 2 aliphatic heterocycles. The first kappa shape index (κ1) is 48.0. The van der Waals surface area contributed by atoms with Gasteiger partial charge in [-0.05, 0) is 133 Å². The van der Waals surface area contributed by atoms with Crippen molar-refractivity contribution in [3.63, 3.8) is 0 Å². The Morgan fingerprint density at radius 2 is 1.01 bits per heavy atom. The van der Waals surface area contributed by atoms with E-state index in [0.717, 1.165) is 88.8 Å². The molecule has 2 fully saturated rings. The lowest BCUT2D eigenvalue weighted by Gasteiger charge is -2.32. The summed E-state index contributed by atoms with van der Waals surface area (Å²) in [6.07, 6.45) is 2.31. The van der Waals surface area contributed by atoms with Crippen molar-refractivity contribution in [2.24, 2.45) is 11.8 Å². The first-order valence-corrected chi connectivity index (χ1v) is 26.0. The highest BCUT2D eigenvalue weighted by Crippen LogP contribution is 2.38. The standard InChI is InChI=1S/C59H52FN5O5S2/c1-38-31-45(41-13-11-40(33-61)12-14-41)15-17-47(38)34-68-54-9-5-3-7-50(54)52-36-71-58(62-52)64-27-23-43(24-28-64)56(66)70-57(67)44-25-29-65(30-26-44)59-63-53(37-72-59)51-8-4-6-10-55(51)69-35-48-18-16-46(32-39(48)2)42-19-21-49(60)22-20-42/h3-22,31-32,36-37,43-44H,23-30,34-35H2,1-2H3. The molecule has 10 nitrogen and oxygen atoms in total. The van der Waals surface area contributed by atoms with E-state index in [1.807, 2.05) is 89.6 Å². The number of thiazole rings is 2. The molecule has 0 atom stereocenters. The third kappa shape index (κ3) is 11.0. The number of nitriles is 1. The van der Waals surface area contributed by atoms with E-state index in [-0.39, 0.29) is 17.7 Å². The van der Waals surface area contributed by atoms with Crippen molar-refractivity contribution in [2.75, 3.05) is 36.0 Å². The Morgan fingerprint density at radius 3 is 1.44 bits per heavy atom. The maximum Gasteiger partial charge on any atom is 0.316 e. The van der Waals surface area contributed by atoms with Crippen LogP contribution in [0.5, 0.6) is 11.5 Å². The number of hydrogen-bond acceptors (Lipinski definition) is 12. The van der Waals surface area contributed by atoms with Crippen LogP contribution in [0.3, 0.4) is 0 Å². The molecule has 0 N–H and O–H groups in total. The van der Waals surface area contributed by atoms with E-state index in [0.29, 0.717) is 70.6 Å². The second-order valence-electron chi connectivity index (χ2n) is 18.3. The molecule has 362 valence electrons. The summed E-state index contributed by atoms with van der Waals surface area (Å²) in [7, 11) is 0. The number of halogens is 1. The molecule has 8 aromatic rings. The maximum atomic E-state index is 13.5. The molecule has 6 aromatic carbocycles. The molecule has 0 saturated carbocycles. The van der Waals surface area contributed by atoms with Gasteiger partial charge < -0.3 is 24.0 Å². The van der Waals surface area contributed by atoms with Crippen LogP contribution in [-0.2, 0) is 27.5 Å². The van der Waals surface area contributed by atoms with Gasteiger partial charge in [0.2, 0.25) is 0 Å². The van der Waals surface area contributed by atoms with E-state index >= 15 is 0 Å². The molecule has 2 saturated heterocycles. The molecule has 0 spiro atoms. The minimum absolute atomic E-state index is 0.255. The van der Waals surface area contributed by atoms with Gasteiger partial charge >= 0.3 is 11.9 Å². The number of esters is 2. The van der Waals surface area contributed by atoms with E-state index in [4.69, 9.17) is 29.4 Å². The summed E-state index contributed by atoms with van der Waals surface area (Å²) >= 11 is 3.13. The summed E-state index contributed by atoms with van der Waals surface area (Å²) in [5, 5.41) is 15.0. The first-order valence-electron chi connectivity index (χ1n) is 24.2. The number of benzene rings is 6. The van der Waals surface area contributed by atoms with Crippen molar-refractivity contribution >= 4 is 44.9 Å². The number of anilines is 2. The molecule has 2 aromatic heterocycles. The highest BCUT2D eigenvalue weighted by molar-refractivity contribution is 7.14. The first-order chi connectivity index (χ1) is 35.1. The number of aryl methyl sites for hydroxylation is 2. The molecule has 4 heterocycles. The lowest BCUT2D eigenvalue weighted by Crippen LogP contribution is -2.40. The van der Waals surface area contributed by atoms with Gasteiger partial charge in [-0.15, -0.1) is 22.7 Å². The summed E-state index contributed by atoms with van der Waals surface area (Å²) in [4.78, 5) is 41.1. The zero-order valence-electron chi connectivity index (χ0n) is 40.1. The summed E-state index contributed by atoms with van der Waals surface area (Å²) in [5.74, 6) is -0.338. The Kier molecular flexibility index (Phi) is 14.5. The van der Waals surface area contributed by atoms with Crippen LogP contribution >= 0.6 is 22.7 Å². The number of nitrogens with zero attached hydrogens (tertiary/aromatic N) is 5. The van der Waals surface area contributed by atoms with Gasteiger partial charge in [0.15, 0.2) is 10.3 Å². The fourth-order valence-electron chi connectivity index (χ4n) is 9.32. The SMILES string of the molecule is Cc1cc(-c2ccc(F)cc2)ccc1COc1ccccc1-c1csc(N2CCC(C(=O)OC(=O)C3CCN(c4nc(-c5ccccc5OCc5ccc(-c6ccc(C#N)cc6)cc5C)cs4)CC3)CC2)n1. The number of para-hydroxylation sites is 2. The summed E-state index contributed by atoms with van der Waals surface area (Å²) < 4.78 is 31.8. The Balaban J connectivity index is 0.678. The van der Waals surface area contributed by atoms with Crippen molar-refractivity contribution in [1.82, 2.24) is 9.97 Å². The van der Waals surface area contributed by atoms with Gasteiger partial charge in [-0.3, -0.25) is 9.59 Å². The zero-order chi connectivity index (χ0) is 49.6. The molecule has 0 amide bonds. The average Bonchev–Trinajstić information content (AvgIpc) is 4.13. The monoisotopic (exact) mass is 993 g/mol. The summed E-state index contributed by atoms with van der Waals surface area (Å²) in [6.45, 7) is 7.46. The highest BCUT2D eigenvalue weighted by atomic mass is 32.1. The van der Waals surface area contributed by atoms with Gasteiger partial charge in [-0.2, -0.15) is 5.26 Å². The predicted molar refractivity (Wildman–Crippen MR) is 283 cm³/mol. The number of carbonyl (C=O) groups excluding carboxylic acids is 2. The molecular weight excluding hydrogens is 942 g/mol. The minimum Gasteiger partial charge on any atom is -0.488 e. The highest BCUT2D eigenvalue weighted by Gasteiger charge is 2.33. The average molecular weight is 994 g/mol. The Labute approximate surface area is 426 Å². The van der Waals surface area contributed by atoms with Crippen LogP contribution in [-0.4, -0.2) is 48.1 Å². The lowest BCUT2D eigenvalue weighted by atomic mass is 9.96. The van der Waals surface area contributed by atoms with Crippen LogP contribution in [0.2, 0.25) is 0 Å². The van der Waals surface area contributed by atoms with Crippen LogP contribution in [0, 0.1) is 42.8 Å². The van der Waals surface area contributed by atoms with Crippen LogP contribution < -0.4 is 19.3 Å². The molecule has 2 aliphatic rings. The fourth-order valence-corrected chi connectivity index (χ4v) is 11.1. The zero-order valence-corrected chi connectivity index (χ0v) is 41.7. The van der Waals surface area contributed by atoms with Crippen molar-refractivity contribution in [2.45, 2.75) is 52.7 Å². The normalized spacial score (nSPS) is 14.2. The third-order valence-electron chi connectivity index (χ3n) is 13.7. The third-order valence-corrected chi connectivity index (χ3v) is 15.5. The molecule has 13 heteroatoms. The van der Waals surface area contributed by atoms with Crippen molar-refractivity contribution in [1.29, 1.82) is 5.26 Å². The van der Waals surface area contributed by atoms with Gasteiger partial charge in [0.25, 0.3) is 0 Å². The number of hydrogen-bond donors (Lipinski definition) is 0. The van der Waals surface area contributed by atoms with Gasteiger partial charge in [-0.25, -0.2) is 14.4 Å². The van der Waals surface area contributed by atoms with Gasteiger partial charge in [0, 0.05) is 48.1 Å². The number of rotatable bonds is 14. The molecular formula is C59H52FN5O5S2. The summed E-state index contributed by atoms with van der Waals surface area (Å²) in [6, 6.07) is 44.6. The van der Waals surface area contributed by atoms with E-state index in [1.165, 1.54) is 12.1 Å². The molecule has 0 aliphatic carbocycles. The van der Waals surface area contributed by atoms with Crippen LogP contribution in [0.15, 0.2) is 144 Å². The molecule has 0 unspecified atom stereocenters. The second kappa shape index (κ2) is 21.8. The van der Waals surface area contributed by atoms with Crippen LogP contribution in [0.1, 0.15) is 53.5 Å². The summed E-state index contributed by atoms with van der Waals surface area (Å²) in [5.41, 5.74) is 12.6. The maximum absolute atomic E-state index is 13.5. The number of carbonyl (C=O) groups is 2. The van der Waals surface area contributed by atoms with E-state index in [9.17, 15) is 14.0 Å². The van der Waals surface area contributed by atoms with Gasteiger partial charge in [-0.1, -0.05) is 84.9 Å². The Bertz CT molecular complexity index is 3260. The van der Waals surface area contributed by atoms with E-state index in [1.54, 1.807) is 34.8 Å².